The minimum Gasteiger partial charge on any atom is -0.330 e. The molecule has 1 aromatic rings. The van der Waals surface area contributed by atoms with Crippen LogP contribution in [0.25, 0.3) is 0 Å². The molecule has 0 radical (unpaired) electrons. The molecular weight excluding hydrogens is 203 g/mol. The Morgan fingerprint density at radius 1 is 1.13 bits per heavy atom. The number of aryl methyl sites for hydroxylation is 1. The fourth-order valence-electron chi connectivity index (χ4n) is 1.40. The SMILES string of the molecule is NC[C@H](CCc1ccccc1)C(F)(F)F. The van der Waals surface area contributed by atoms with Gasteiger partial charge in [0.2, 0.25) is 0 Å². The van der Waals surface area contributed by atoms with E-state index in [0.29, 0.717) is 6.42 Å². The molecule has 0 unspecified atom stereocenters. The zero-order valence-electron chi connectivity index (χ0n) is 8.30. The minimum atomic E-state index is -4.18. The first-order valence-electron chi connectivity index (χ1n) is 4.84. The molecule has 0 bridgehead atoms. The van der Waals surface area contributed by atoms with E-state index in [9.17, 15) is 13.2 Å². The average molecular weight is 217 g/mol. The lowest BCUT2D eigenvalue weighted by molar-refractivity contribution is -0.173. The zero-order valence-corrected chi connectivity index (χ0v) is 8.30. The van der Waals surface area contributed by atoms with Gasteiger partial charge in [0.15, 0.2) is 0 Å². The van der Waals surface area contributed by atoms with E-state index in [1.54, 1.807) is 0 Å². The first-order chi connectivity index (χ1) is 7.04. The second-order valence-electron chi connectivity index (χ2n) is 3.50. The van der Waals surface area contributed by atoms with Crippen molar-refractivity contribution in [3.63, 3.8) is 0 Å². The van der Waals surface area contributed by atoms with Gasteiger partial charge < -0.3 is 5.73 Å². The van der Waals surface area contributed by atoms with Crippen LogP contribution in [-0.2, 0) is 6.42 Å². The highest BCUT2D eigenvalue weighted by Gasteiger charge is 2.37. The molecule has 0 aliphatic rings. The quantitative estimate of drug-likeness (QED) is 0.824. The third-order valence-corrected chi connectivity index (χ3v) is 2.37. The first-order valence-corrected chi connectivity index (χ1v) is 4.84. The van der Waals surface area contributed by atoms with E-state index in [-0.39, 0.29) is 13.0 Å². The third-order valence-electron chi connectivity index (χ3n) is 2.37. The van der Waals surface area contributed by atoms with E-state index in [2.05, 4.69) is 0 Å². The first kappa shape index (κ1) is 12.0. The van der Waals surface area contributed by atoms with Crippen molar-refractivity contribution in [2.24, 2.45) is 11.7 Å². The van der Waals surface area contributed by atoms with Gasteiger partial charge in [-0.05, 0) is 18.4 Å². The Morgan fingerprint density at radius 3 is 2.20 bits per heavy atom. The van der Waals surface area contributed by atoms with Crippen LogP contribution >= 0.6 is 0 Å². The largest absolute Gasteiger partial charge is 0.393 e. The van der Waals surface area contributed by atoms with Crippen LogP contribution in [0, 0.1) is 5.92 Å². The van der Waals surface area contributed by atoms with Gasteiger partial charge in [0.1, 0.15) is 0 Å². The second kappa shape index (κ2) is 5.16. The number of hydrogen-bond acceptors (Lipinski definition) is 1. The Bertz CT molecular complexity index is 282. The van der Waals surface area contributed by atoms with Crippen molar-refractivity contribution in [2.45, 2.75) is 19.0 Å². The molecule has 0 amide bonds. The summed E-state index contributed by atoms with van der Waals surface area (Å²) in [6.45, 7) is -0.337. The van der Waals surface area contributed by atoms with Gasteiger partial charge >= 0.3 is 6.18 Å². The fourth-order valence-corrected chi connectivity index (χ4v) is 1.40. The maximum atomic E-state index is 12.3. The van der Waals surface area contributed by atoms with Crippen LogP contribution in [0.4, 0.5) is 13.2 Å². The van der Waals surface area contributed by atoms with Crippen molar-refractivity contribution in [3.8, 4) is 0 Å². The Balaban J connectivity index is 2.49. The Labute approximate surface area is 87.1 Å². The maximum absolute atomic E-state index is 12.3. The molecule has 4 heteroatoms. The highest BCUT2D eigenvalue weighted by molar-refractivity contribution is 5.14. The topological polar surface area (TPSA) is 26.0 Å². The van der Waals surface area contributed by atoms with Crippen LogP contribution in [0.1, 0.15) is 12.0 Å². The summed E-state index contributed by atoms with van der Waals surface area (Å²) >= 11 is 0. The van der Waals surface area contributed by atoms with E-state index in [1.165, 1.54) is 0 Å². The molecule has 0 aliphatic heterocycles. The number of rotatable bonds is 4. The predicted molar refractivity (Wildman–Crippen MR) is 53.4 cm³/mol. The van der Waals surface area contributed by atoms with Crippen LogP contribution < -0.4 is 5.73 Å². The van der Waals surface area contributed by atoms with Crippen LogP contribution in [0.15, 0.2) is 30.3 Å². The molecular formula is C11H14F3N. The standard InChI is InChI=1S/C11H14F3N/c12-11(13,14)10(8-15)7-6-9-4-2-1-3-5-9/h1-5,10H,6-8,15H2/t10-/m0/s1. The van der Waals surface area contributed by atoms with Gasteiger partial charge in [-0.2, -0.15) is 13.2 Å². The van der Waals surface area contributed by atoms with E-state index < -0.39 is 12.1 Å². The summed E-state index contributed by atoms with van der Waals surface area (Å²) in [5.74, 6) is -1.39. The van der Waals surface area contributed by atoms with Crippen molar-refractivity contribution in [3.05, 3.63) is 35.9 Å². The lowest BCUT2D eigenvalue weighted by Crippen LogP contribution is -2.30. The lowest BCUT2D eigenvalue weighted by atomic mass is 9.99. The number of alkyl halides is 3. The number of nitrogens with two attached hydrogens (primary N) is 1. The third kappa shape index (κ3) is 3.91. The van der Waals surface area contributed by atoms with Crippen LogP contribution in [0.3, 0.4) is 0 Å². The minimum absolute atomic E-state index is 0.0595. The Kier molecular flexibility index (Phi) is 4.15. The molecule has 1 atom stereocenters. The summed E-state index contributed by atoms with van der Waals surface area (Å²) < 4.78 is 37.0. The molecule has 15 heavy (non-hydrogen) atoms. The van der Waals surface area contributed by atoms with Crippen LogP contribution in [-0.4, -0.2) is 12.7 Å². The van der Waals surface area contributed by atoms with Gasteiger partial charge in [-0.15, -0.1) is 0 Å². The number of benzene rings is 1. The van der Waals surface area contributed by atoms with Crippen molar-refractivity contribution in [1.29, 1.82) is 0 Å². The van der Waals surface area contributed by atoms with Gasteiger partial charge in [-0.25, -0.2) is 0 Å². The highest BCUT2D eigenvalue weighted by Crippen LogP contribution is 2.28. The summed E-state index contributed by atoms with van der Waals surface area (Å²) in [5.41, 5.74) is 6.02. The van der Waals surface area contributed by atoms with Gasteiger partial charge in [0.05, 0.1) is 5.92 Å². The van der Waals surface area contributed by atoms with Crippen LogP contribution in [0.2, 0.25) is 0 Å². The molecule has 0 saturated heterocycles. The summed E-state index contributed by atoms with van der Waals surface area (Å²) in [6.07, 6.45) is -3.70. The molecule has 1 rings (SSSR count). The summed E-state index contributed by atoms with van der Waals surface area (Å²) in [4.78, 5) is 0. The molecule has 0 spiro atoms. The van der Waals surface area contributed by atoms with Crippen LogP contribution in [0.5, 0.6) is 0 Å². The molecule has 84 valence electrons. The highest BCUT2D eigenvalue weighted by atomic mass is 19.4. The number of hydrogen-bond donors (Lipinski definition) is 1. The van der Waals surface area contributed by atoms with E-state index in [4.69, 9.17) is 5.73 Å². The Hall–Kier alpha value is -1.03. The molecule has 0 aliphatic carbocycles. The summed E-state index contributed by atoms with van der Waals surface area (Å²) in [7, 11) is 0. The molecule has 1 aromatic carbocycles. The molecule has 0 saturated carbocycles. The summed E-state index contributed by atoms with van der Waals surface area (Å²) in [6, 6.07) is 9.13. The lowest BCUT2D eigenvalue weighted by Gasteiger charge is -2.18. The van der Waals surface area contributed by atoms with Gasteiger partial charge in [-0.1, -0.05) is 30.3 Å². The van der Waals surface area contributed by atoms with Gasteiger partial charge in [-0.3, -0.25) is 0 Å². The molecule has 1 nitrogen and oxygen atoms in total. The van der Waals surface area contributed by atoms with E-state index >= 15 is 0 Å². The second-order valence-corrected chi connectivity index (χ2v) is 3.50. The maximum Gasteiger partial charge on any atom is 0.393 e. The van der Waals surface area contributed by atoms with E-state index in [0.717, 1.165) is 5.56 Å². The van der Waals surface area contributed by atoms with Crippen molar-refractivity contribution < 1.29 is 13.2 Å². The fraction of sp³-hybridized carbons (Fsp3) is 0.455. The van der Waals surface area contributed by atoms with Gasteiger partial charge in [0.25, 0.3) is 0 Å². The van der Waals surface area contributed by atoms with E-state index in [1.807, 2.05) is 30.3 Å². The smallest absolute Gasteiger partial charge is 0.330 e. The van der Waals surface area contributed by atoms with Gasteiger partial charge in [0, 0.05) is 6.54 Å². The predicted octanol–water partition coefficient (Wildman–Crippen LogP) is 2.76. The van der Waals surface area contributed by atoms with Crippen molar-refractivity contribution in [1.82, 2.24) is 0 Å². The molecule has 2 N–H and O–H groups in total. The molecule has 0 heterocycles. The zero-order chi connectivity index (χ0) is 11.3. The normalized spacial score (nSPS) is 13.9. The summed E-state index contributed by atoms with van der Waals surface area (Å²) in [5, 5.41) is 0. The molecule has 0 fully saturated rings. The average Bonchev–Trinajstić information content (AvgIpc) is 2.18. The monoisotopic (exact) mass is 217 g/mol. The number of halogens is 3. The van der Waals surface area contributed by atoms with Crippen molar-refractivity contribution >= 4 is 0 Å². The Morgan fingerprint density at radius 2 is 1.73 bits per heavy atom. The van der Waals surface area contributed by atoms with Crippen molar-refractivity contribution in [2.75, 3.05) is 6.54 Å². The molecule has 0 aromatic heterocycles.